The highest BCUT2D eigenvalue weighted by atomic mass is 19.1. The Balaban J connectivity index is 2.63. The predicted molar refractivity (Wildman–Crippen MR) is 58.9 cm³/mol. The SMILES string of the molecule is COc1ccc(F)cc1-c1[c]cccc1O. The summed E-state index contributed by atoms with van der Waals surface area (Å²) in [5, 5.41) is 9.67. The van der Waals surface area contributed by atoms with Gasteiger partial charge in [-0.15, -0.1) is 0 Å². The average molecular weight is 217 g/mol. The maximum absolute atomic E-state index is 13.1. The van der Waals surface area contributed by atoms with Crippen LogP contribution in [-0.2, 0) is 0 Å². The van der Waals surface area contributed by atoms with Crippen molar-refractivity contribution in [1.82, 2.24) is 0 Å². The van der Waals surface area contributed by atoms with Crippen LogP contribution in [0.2, 0.25) is 0 Å². The van der Waals surface area contributed by atoms with Crippen molar-refractivity contribution in [1.29, 1.82) is 0 Å². The third-order valence-electron chi connectivity index (χ3n) is 2.26. The smallest absolute Gasteiger partial charge is 0.127 e. The van der Waals surface area contributed by atoms with Crippen molar-refractivity contribution in [3.63, 3.8) is 0 Å². The summed E-state index contributed by atoms with van der Waals surface area (Å²) in [7, 11) is 1.50. The van der Waals surface area contributed by atoms with Gasteiger partial charge in [-0.1, -0.05) is 12.1 Å². The van der Waals surface area contributed by atoms with Crippen LogP contribution in [0, 0.1) is 11.9 Å². The van der Waals surface area contributed by atoms with Crippen molar-refractivity contribution in [2.75, 3.05) is 7.11 Å². The molecule has 1 radical (unpaired) electrons. The van der Waals surface area contributed by atoms with Crippen molar-refractivity contribution in [3.05, 3.63) is 48.3 Å². The van der Waals surface area contributed by atoms with Gasteiger partial charge in [0.15, 0.2) is 0 Å². The van der Waals surface area contributed by atoms with E-state index in [-0.39, 0.29) is 11.6 Å². The molecule has 0 aliphatic heterocycles. The van der Waals surface area contributed by atoms with Crippen LogP contribution in [0.25, 0.3) is 11.1 Å². The zero-order valence-corrected chi connectivity index (χ0v) is 8.70. The molecule has 0 bridgehead atoms. The molecule has 0 atom stereocenters. The molecule has 0 saturated heterocycles. The number of hydrogen-bond acceptors (Lipinski definition) is 2. The van der Waals surface area contributed by atoms with Crippen LogP contribution in [0.1, 0.15) is 0 Å². The third-order valence-corrected chi connectivity index (χ3v) is 2.26. The number of ether oxygens (including phenoxy) is 1. The van der Waals surface area contributed by atoms with Crippen LogP contribution in [0.4, 0.5) is 4.39 Å². The molecule has 0 aliphatic rings. The molecule has 0 aromatic heterocycles. The fourth-order valence-electron chi connectivity index (χ4n) is 1.52. The van der Waals surface area contributed by atoms with Gasteiger partial charge < -0.3 is 9.84 Å². The second kappa shape index (κ2) is 4.23. The van der Waals surface area contributed by atoms with E-state index >= 15 is 0 Å². The van der Waals surface area contributed by atoms with E-state index in [1.54, 1.807) is 12.1 Å². The van der Waals surface area contributed by atoms with Crippen molar-refractivity contribution >= 4 is 0 Å². The summed E-state index contributed by atoms with van der Waals surface area (Å²) in [6.07, 6.45) is 0. The highest BCUT2D eigenvalue weighted by Crippen LogP contribution is 2.35. The molecule has 1 N–H and O–H groups in total. The molecule has 0 fully saturated rings. The number of hydrogen-bond donors (Lipinski definition) is 1. The monoisotopic (exact) mass is 217 g/mol. The average Bonchev–Trinajstić information content (AvgIpc) is 2.29. The first kappa shape index (κ1) is 10.5. The van der Waals surface area contributed by atoms with E-state index in [0.717, 1.165) is 0 Å². The molecular formula is C13H10FO2. The zero-order chi connectivity index (χ0) is 11.5. The normalized spacial score (nSPS) is 10.1. The lowest BCUT2D eigenvalue weighted by Crippen LogP contribution is -1.89. The first-order chi connectivity index (χ1) is 7.72. The predicted octanol–water partition coefficient (Wildman–Crippen LogP) is 3.01. The van der Waals surface area contributed by atoms with Gasteiger partial charge >= 0.3 is 0 Å². The second-order valence-electron chi connectivity index (χ2n) is 3.27. The number of aromatic hydroxyl groups is 1. The summed E-state index contributed by atoms with van der Waals surface area (Å²) in [6, 6.07) is 11.8. The summed E-state index contributed by atoms with van der Waals surface area (Å²) in [6.45, 7) is 0. The number of phenolic OH excluding ortho intramolecular Hbond substituents is 1. The summed E-state index contributed by atoms with van der Waals surface area (Å²) >= 11 is 0. The quantitative estimate of drug-likeness (QED) is 0.837. The Bertz CT molecular complexity index is 509. The molecule has 0 spiro atoms. The Morgan fingerprint density at radius 3 is 2.81 bits per heavy atom. The van der Waals surface area contributed by atoms with E-state index in [9.17, 15) is 9.50 Å². The molecule has 16 heavy (non-hydrogen) atoms. The Kier molecular flexibility index (Phi) is 2.77. The van der Waals surface area contributed by atoms with Gasteiger partial charge in [-0.3, -0.25) is 0 Å². The fourth-order valence-corrected chi connectivity index (χ4v) is 1.52. The summed E-state index contributed by atoms with van der Waals surface area (Å²) < 4.78 is 18.3. The van der Waals surface area contributed by atoms with Crippen molar-refractivity contribution in [2.24, 2.45) is 0 Å². The lowest BCUT2D eigenvalue weighted by molar-refractivity contribution is 0.414. The van der Waals surface area contributed by atoms with Crippen LogP contribution in [0.3, 0.4) is 0 Å². The van der Waals surface area contributed by atoms with Crippen LogP contribution in [-0.4, -0.2) is 12.2 Å². The van der Waals surface area contributed by atoms with Gasteiger partial charge in [0, 0.05) is 11.1 Å². The lowest BCUT2D eigenvalue weighted by atomic mass is 10.0. The van der Waals surface area contributed by atoms with Gasteiger partial charge in [-0.25, -0.2) is 4.39 Å². The minimum Gasteiger partial charge on any atom is -0.507 e. The molecule has 0 heterocycles. The first-order valence-corrected chi connectivity index (χ1v) is 4.76. The molecular weight excluding hydrogens is 207 g/mol. The van der Waals surface area contributed by atoms with Crippen molar-refractivity contribution in [3.8, 4) is 22.6 Å². The van der Waals surface area contributed by atoms with Crippen LogP contribution in [0.5, 0.6) is 11.5 Å². The zero-order valence-electron chi connectivity index (χ0n) is 8.70. The largest absolute Gasteiger partial charge is 0.507 e. The second-order valence-corrected chi connectivity index (χ2v) is 3.27. The van der Waals surface area contributed by atoms with Gasteiger partial charge in [-0.05, 0) is 30.3 Å². The maximum atomic E-state index is 13.1. The van der Waals surface area contributed by atoms with Gasteiger partial charge in [0.2, 0.25) is 0 Å². The van der Waals surface area contributed by atoms with Crippen LogP contribution < -0.4 is 4.74 Å². The van der Waals surface area contributed by atoms with Crippen molar-refractivity contribution < 1.29 is 14.2 Å². The van der Waals surface area contributed by atoms with Gasteiger partial charge in [0.1, 0.15) is 17.3 Å². The summed E-state index contributed by atoms with van der Waals surface area (Å²) in [5.41, 5.74) is 0.916. The molecule has 81 valence electrons. The third kappa shape index (κ3) is 1.84. The van der Waals surface area contributed by atoms with Crippen molar-refractivity contribution in [2.45, 2.75) is 0 Å². The Labute approximate surface area is 92.9 Å². The highest BCUT2D eigenvalue weighted by molar-refractivity contribution is 5.74. The maximum Gasteiger partial charge on any atom is 0.127 e. The molecule has 2 rings (SSSR count). The van der Waals surface area contributed by atoms with Gasteiger partial charge in [0.05, 0.1) is 7.11 Å². The van der Waals surface area contributed by atoms with E-state index in [4.69, 9.17) is 4.74 Å². The summed E-state index contributed by atoms with van der Waals surface area (Å²) in [4.78, 5) is 0. The Hall–Kier alpha value is -2.03. The van der Waals surface area contributed by atoms with Crippen LogP contribution >= 0.6 is 0 Å². The van der Waals surface area contributed by atoms with E-state index in [2.05, 4.69) is 6.07 Å². The fraction of sp³-hybridized carbons (Fsp3) is 0.0769. The number of rotatable bonds is 2. The molecule has 0 aliphatic carbocycles. The highest BCUT2D eigenvalue weighted by Gasteiger charge is 2.10. The topological polar surface area (TPSA) is 29.5 Å². The van der Waals surface area contributed by atoms with E-state index < -0.39 is 0 Å². The molecule has 2 aromatic rings. The van der Waals surface area contributed by atoms with E-state index in [0.29, 0.717) is 16.9 Å². The van der Waals surface area contributed by atoms with Gasteiger partial charge in [0.25, 0.3) is 0 Å². The lowest BCUT2D eigenvalue weighted by Gasteiger charge is -2.09. The van der Waals surface area contributed by atoms with E-state index in [1.165, 1.54) is 31.4 Å². The minimum absolute atomic E-state index is 0.0476. The van der Waals surface area contributed by atoms with Gasteiger partial charge in [-0.2, -0.15) is 0 Å². The Morgan fingerprint density at radius 2 is 2.12 bits per heavy atom. The Morgan fingerprint density at radius 1 is 1.31 bits per heavy atom. The van der Waals surface area contributed by atoms with E-state index in [1.807, 2.05) is 0 Å². The molecule has 2 aromatic carbocycles. The molecule has 0 amide bonds. The number of benzene rings is 2. The first-order valence-electron chi connectivity index (χ1n) is 4.76. The summed E-state index contributed by atoms with van der Waals surface area (Å²) in [5.74, 6) is 0.165. The number of halogens is 1. The standard InChI is InChI=1S/C13H10FO2/c1-16-13-7-6-9(14)8-11(13)10-4-2-3-5-12(10)15/h2-3,5-8,15H,1H3. The number of phenols is 1. The minimum atomic E-state index is -0.382. The number of methoxy groups -OCH3 is 1. The van der Waals surface area contributed by atoms with Crippen LogP contribution in [0.15, 0.2) is 36.4 Å². The molecule has 0 saturated carbocycles. The molecule has 0 unspecified atom stereocenters. The molecule has 3 heteroatoms. The molecule has 2 nitrogen and oxygen atoms in total.